The van der Waals surface area contributed by atoms with Crippen LogP contribution < -0.4 is 4.74 Å². The predicted molar refractivity (Wildman–Crippen MR) is 67.2 cm³/mol. The van der Waals surface area contributed by atoms with Crippen molar-refractivity contribution in [2.75, 3.05) is 6.61 Å². The Morgan fingerprint density at radius 3 is 2.94 bits per heavy atom. The lowest BCUT2D eigenvalue weighted by Crippen LogP contribution is -2.02. The largest absolute Gasteiger partial charge is 0.492 e. The molecule has 0 spiro atoms. The number of hydrogen-bond donors (Lipinski definition) is 0. The molecule has 0 bridgehead atoms. The van der Waals surface area contributed by atoms with Crippen molar-refractivity contribution in [2.45, 2.75) is 13.3 Å². The third-order valence-corrected chi connectivity index (χ3v) is 3.43. The van der Waals surface area contributed by atoms with Crippen molar-refractivity contribution in [1.82, 2.24) is 4.98 Å². The molecule has 86 valence electrons. The number of para-hydroxylation sites is 1. The van der Waals surface area contributed by atoms with Crippen molar-refractivity contribution < 1.29 is 4.74 Å². The Hall–Kier alpha value is -1.86. The van der Waals surface area contributed by atoms with Gasteiger partial charge in [-0.2, -0.15) is 5.26 Å². The monoisotopic (exact) mass is 244 g/mol. The van der Waals surface area contributed by atoms with Gasteiger partial charge in [-0.15, -0.1) is 11.3 Å². The van der Waals surface area contributed by atoms with Crippen LogP contribution in [0, 0.1) is 18.3 Å². The van der Waals surface area contributed by atoms with Crippen molar-refractivity contribution in [2.24, 2.45) is 0 Å². The number of aromatic nitrogens is 1. The molecular formula is C13H12N2OS. The number of ether oxygens (including phenoxy) is 1. The van der Waals surface area contributed by atoms with Crippen molar-refractivity contribution in [3.05, 3.63) is 45.9 Å². The molecule has 0 fully saturated rings. The number of thiazole rings is 1. The van der Waals surface area contributed by atoms with Crippen LogP contribution in [0.5, 0.6) is 5.75 Å². The summed E-state index contributed by atoms with van der Waals surface area (Å²) in [4.78, 5) is 5.42. The predicted octanol–water partition coefficient (Wildman–Crippen LogP) is 2.94. The van der Waals surface area contributed by atoms with Crippen molar-refractivity contribution in [3.63, 3.8) is 0 Å². The second kappa shape index (κ2) is 5.46. The summed E-state index contributed by atoms with van der Waals surface area (Å²) in [7, 11) is 0. The van der Waals surface area contributed by atoms with Crippen molar-refractivity contribution in [3.8, 4) is 11.8 Å². The Kier molecular flexibility index (Phi) is 3.73. The van der Waals surface area contributed by atoms with E-state index in [1.54, 1.807) is 17.4 Å². The maximum Gasteiger partial charge on any atom is 0.137 e. The second-order valence-electron chi connectivity index (χ2n) is 3.57. The SMILES string of the molecule is Cc1ncsc1CCOc1ccccc1C#N. The van der Waals surface area contributed by atoms with Crippen LogP contribution in [-0.4, -0.2) is 11.6 Å². The van der Waals surface area contributed by atoms with Gasteiger partial charge < -0.3 is 4.74 Å². The Bertz CT molecular complexity index is 542. The van der Waals surface area contributed by atoms with Gasteiger partial charge in [-0.25, -0.2) is 4.98 Å². The summed E-state index contributed by atoms with van der Waals surface area (Å²) in [5.41, 5.74) is 3.48. The molecule has 2 rings (SSSR count). The van der Waals surface area contributed by atoms with Gasteiger partial charge in [0.2, 0.25) is 0 Å². The number of hydrogen-bond acceptors (Lipinski definition) is 4. The van der Waals surface area contributed by atoms with Gasteiger partial charge in [-0.05, 0) is 19.1 Å². The maximum atomic E-state index is 8.91. The van der Waals surface area contributed by atoms with Gasteiger partial charge in [0, 0.05) is 11.3 Å². The van der Waals surface area contributed by atoms with Crippen LogP contribution in [0.1, 0.15) is 16.1 Å². The highest BCUT2D eigenvalue weighted by Crippen LogP contribution is 2.18. The molecule has 2 aromatic rings. The minimum atomic E-state index is 0.571. The van der Waals surface area contributed by atoms with Crippen LogP contribution in [0.4, 0.5) is 0 Å². The third-order valence-electron chi connectivity index (χ3n) is 2.44. The van der Waals surface area contributed by atoms with E-state index < -0.39 is 0 Å². The van der Waals surface area contributed by atoms with Crippen LogP contribution >= 0.6 is 11.3 Å². The standard InChI is InChI=1S/C13H12N2OS/c1-10-13(17-9-15-10)6-7-16-12-5-3-2-4-11(12)8-14/h2-5,9H,6-7H2,1H3. The van der Waals surface area contributed by atoms with Gasteiger partial charge in [0.15, 0.2) is 0 Å². The molecule has 0 atom stereocenters. The molecule has 0 radical (unpaired) electrons. The van der Waals surface area contributed by atoms with E-state index in [0.29, 0.717) is 17.9 Å². The normalized spacial score (nSPS) is 9.88. The minimum absolute atomic E-state index is 0.571. The van der Waals surface area contributed by atoms with Gasteiger partial charge in [0.1, 0.15) is 11.8 Å². The zero-order chi connectivity index (χ0) is 12.1. The fraction of sp³-hybridized carbons (Fsp3) is 0.231. The van der Waals surface area contributed by atoms with Gasteiger partial charge in [0.05, 0.1) is 23.4 Å². The molecule has 0 amide bonds. The first-order valence-electron chi connectivity index (χ1n) is 5.32. The van der Waals surface area contributed by atoms with Crippen LogP contribution in [0.2, 0.25) is 0 Å². The first kappa shape index (κ1) is 11.6. The fourth-order valence-electron chi connectivity index (χ4n) is 1.50. The fourth-order valence-corrected chi connectivity index (χ4v) is 2.27. The van der Waals surface area contributed by atoms with E-state index in [9.17, 15) is 0 Å². The highest BCUT2D eigenvalue weighted by Gasteiger charge is 2.04. The summed E-state index contributed by atoms with van der Waals surface area (Å²) in [6.45, 7) is 2.57. The Morgan fingerprint density at radius 2 is 2.24 bits per heavy atom. The quantitative estimate of drug-likeness (QED) is 0.830. The average Bonchev–Trinajstić information content (AvgIpc) is 2.76. The highest BCUT2D eigenvalue weighted by molar-refractivity contribution is 7.09. The number of benzene rings is 1. The summed E-state index contributed by atoms with van der Waals surface area (Å²) >= 11 is 1.64. The summed E-state index contributed by atoms with van der Waals surface area (Å²) < 4.78 is 5.61. The summed E-state index contributed by atoms with van der Waals surface area (Å²) in [5, 5.41) is 8.91. The second-order valence-corrected chi connectivity index (χ2v) is 4.51. The van der Waals surface area contributed by atoms with Gasteiger partial charge in [0.25, 0.3) is 0 Å². The molecule has 0 aliphatic heterocycles. The van der Waals surface area contributed by atoms with Crippen LogP contribution in [0.15, 0.2) is 29.8 Å². The van der Waals surface area contributed by atoms with E-state index in [0.717, 1.165) is 12.1 Å². The smallest absolute Gasteiger partial charge is 0.137 e. The van der Waals surface area contributed by atoms with E-state index in [4.69, 9.17) is 10.00 Å². The zero-order valence-corrected chi connectivity index (χ0v) is 10.3. The number of nitrogens with zero attached hydrogens (tertiary/aromatic N) is 2. The van der Waals surface area contributed by atoms with Crippen molar-refractivity contribution >= 4 is 11.3 Å². The summed E-state index contributed by atoms with van der Waals surface area (Å²) in [6, 6.07) is 9.39. The molecule has 1 aromatic heterocycles. The van der Waals surface area contributed by atoms with Gasteiger partial charge >= 0.3 is 0 Å². The Balaban J connectivity index is 1.95. The van der Waals surface area contributed by atoms with Gasteiger partial charge in [-0.1, -0.05) is 12.1 Å². The first-order chi connectivity index (χ1) is 8.31. The molecule has 0 unspecified atom stereocenters. The average molecular weight is 244 g/mol. The maximum absolute atomic E-state index is 8.91. The molecule has 0 saturated heterocycles. The lowest BCUT2D eigenvalue weighted by atomic mass is 10.2. The molecule has 0 aliphatic rings. The molecule has 3 nitrogen and oxygen atoms in total. The molecule has 0 aliphatic carbocycles. The van der Waals surface area contributed by atoms with E-state index >= 15 is 0 Å². The van der Waals surface area contributed by atoms with E-state index in [-0.39, 0.29) is 0 Å². The lowest BCUT2D eigenvalue weighted by Gasteiger charge is -2.06. The molecule has 0 N–H and O–H groups in total. The zero-order valence-electron chi connectivity index (χ0n) is 9.51. The molecule has 1 heterocycles. The van der Waals surface area contributed by atoms with Crippen LogP contribution in [0.3, 0.4) is 0 Å². The van der Waals surface area contributed by atoms with Crippen LogP contribution in [0.25, 0.3) is 0 Å². The molecule has 1 aromatic carbocycles. The van der Waals surface area contributed by atoms with Crippen LogP contribution in [-0.2, 0) is 6.42 Å². The molecule has 17 heavy (non-hydrogen) atoms. The number of nitriles is 1. The number of aryl methyl sites for hydroxylation is 1. The topological polar surface area (TPSA) is 45.9 Å². The molecule has 4 heteroatoms. The van der Waals surface area contributed by atoms with E-state index in [1.807, 2.05) is 30.6 Å². The number of rotatable bonds is 4. The summed E-state index contributed by atoms with van der Waals surface area (Å²) in [6.07, 6.45) is 0.830. The van der Waals surface area contributed by atoms with E-state index in [1.165, 1.54) is 4.88 Å². The first-order valence-corrected chi connectivity index (χ1v) is 6.20. The molecular weight excluding hydrogens is 232 g/mol. The molecule has 0 saturated carbocycles. The Labute approximate surface area is 104 Å². The van der Waals surface area contributed by atoms with Gasteiger partial charge in [-0.3, -0.25) is 0 Å². The minimum Gasteiger partial charge on any atom is -0.492 e. The lowest BCUT2D eigenvalue weighted by molar-refractivity contribution is 0.322. The van der Waals surface area contributed by atoms with E-state index in [2.05, 4.69) is 11.1 Å². The third kappa shape index (κ3) is 2.83. The summed E-state index contributed by atoms with van der Waals surface area (Å²) in [5.74, 6) is 0.650. The highest BCUT2D eigenvalue weighted by atomic mass is 32.1. The Morgan fingerprint density at radius 1 is 1.41 bits per heavy atom. The van der Waals surface area contributed by atoms with Crippen molar-refractivity contribution in [1.29, 1.82) is 5.26 Å².